The molecule has 0 heterocycles. The van der Waals surface area contributed by atoms with E-state index in [1.54, 1.807) is 18.2 Å². The second-order valence-corrected chi connectivity index (χ2v) is 4.75. The third-order valence-corrected chi connectivity index (χ3v) is 3.38. The highest BCUT2D eigenvalue weighted by Gasteiger charge is 2.04. The lowest BCUT2D eigenvalue weighted by molar-refractivity contribution is 0.627. The van der Waals surface area contributed by atoms with Gasteiger partial charge in [-0.05, 0) is 40.1 Å². The topological polar surface area (TPSA) is 23.8 Å². The van der Waals surface area contributed by atoms with Crippen LogP contribution in [0.2, 0.25) is 0 Å². The second kappa shape index (κ2) is 5.60. The molecule has 0 N–H and O–H groups in total. The van der Waals surface area contributed by atoms with Gasteiger partial charge in [0.1, 0.15) is 5.82 Å². The number of hydrogen-bond acceptors (Lipinski definition) is 1. The number of fused-ring (bicyclic) bond motifs is 1. The number of nitrogens with zero attached hydrogens (tertiary/aromatic N) is 1. The third-order valence-electron chi connectivity index (χ3n) is 3.38. The van der Waals surface area contributed by atoms with Gasteiger partial charge in [0.25, 0.3) is 0 Å². The maximum Gasteiger partial charge on any atom is 0.123 e. The first kappa shape index (κ1) is 13.1. The summed E-state index contributed by atoms with van der Waals surface area (Å²) in [4.78, 5) is 0. The van der Waals surface area contributed by atoms with Gasteiger partial charge in [-0.15, -0.1) is 0 Å². The average molecular weight is 273 g/mol. The van der Waals surface area contributed by atoms with Gasteiger partial charge in [-0.1, -0.05) is 54.6 Å². The summed E-state index contributed by atoms with van der Waals surface area (Å²) in [6.07, 6.45) is 1.80. The van der Waals surface area contributed by atoms with Crippen molar-refractivity contribution in [3.63, 3.8) is 0 Å². The van der Waals surface area contributed by atoms with E-state index in [0.717, 1.165) is 16.3 Å². The van der Waals surface area contributed by atoms with Gasteiger partial charge < -0.3 is 0 Å². The summed E-state index contributed by atoms with van der Waals surface area (Å²) < 4.78 is 13.3. The van der Waals surface area contributed by atoms with Crippen molar-refractivity contribution in [2.45, 2.75) is 0 Å². The molecule has 0 aliphatic carbocycles. The monoisotopic (exact) mass is 273 g/mol. The van der Waals surface area contributed by atoms with E-state index >= 15 is 0 Å². The maximum absolute atomic E-state index is 13.3. The van der Waals surface area contributed by atoms with Gasteiger partial charge >= 0.3 is 0 Å². The van der Waals surface area contributed by atoms with Crippen molar-refractivity contribution in [3.05, 3.63) is 83.7 Å². The molecular weight excluding hydrogens is 261 g/mol. The number of benzene rings is 3. The molecule has 0 spiro atoms. The Labute approximate surface area is 122 Å². The number of rotatable bonds is 2. The molecule has 1 nitrogen and oxygen atoms in total. The minimum absolute atomic E-state index is 0.341. The Morgan fingerprint density at radius 2 is 1.71 bits per heavy atom. The Hall–Kier alpha value is -2.92. The number of nitriles is 1. The summed E-state index contributed by atoms with van der Waals surface area (Å²) in [6.45, 7) is 0. The van der Waals surface area contributed by atoms with Crippen LogP contribution >= 0.6 is 0 Å². The second-order valence-electron chi connectivity index (χ2n) is 4.75. The van der Waals surface area contributed by atoms with Gasteiger partial charge in [0.2, 0.25) is 0 Å². The first-order valence-electron chi connectivity index (χ1n) is 6.63. The van der Waals surface area contributed by atoms with Gasteiger partial charge in [-0.3, -0.25) is 0 Å². The number of hydrogen-bond donors (Lipinski definition) is 0. The number of halogens is 1. The quantitative estimate of drug-likeness (QED) is 0.474. The van der Waals surface area contributed by atoms with E-state index in [2.05, 4.69) is 6.07 Å². The fourth-order valence-corrected chi connectivity index (χ4v) is 2.37. The van der Waals surface area contributed by atoms with E-state index in [-0.39, 0.29) is 5.82 Å². The van der Waals surface area contributed by atoms with Gasteiger partial charge in [-0.25, -0.2) is 4.39 Å². The lowest BCUT2D eigenvalue weighted by Crippen LogP contribution is -1.85. The summed E-state index contributed by atoms with van der Waals surface area (Å²) in [5, 5.41) is 11.5. The zero-order chi connectivity index (χ0) is 14.7. The lowest BCUT2D eigenvalue weighted by Gasteiger charge is -2.04. The standard InChI is InChI=1S/C19H12FN/c20-18-9-4-7-15(12-18)17(13-21)11-16-8-3-6-14-5-1-2-10-19(14)16/h1-12H/b17-11-. The molecule has 3 aromatic carbocycles. The normalized spacial score (nSPS) is 11.3. The molecule has 100 valence electrons. The van der Waals surface area contributed by atoms with Crippen molar-refractivity contribution in [1.82, 2.24) is 0 Å². The van der Waals surface area contributed by atoms with Crippen LogP contribution in [0.4, 0.5) is 4.39 Å². The van der Waals surface area contributed by atoms with Crippen LogP contribution in [0.5, 0.6) is 0 Å². The van der Waals surface area contributed by atoms with E-state index < -0.39 is 0 Å². The molecule has 3 rings (SSSR count). The van der Waals surface area contributed by atoms with Crippen LogP contribution in [0.25, 0.3) is 22.4 Å². The predicted octanol–water partition coefficient (Wildman–Crippen LogP) is 5.04. The van der Waals surface area contributed by atoms with Crippen molar-refractivity contribution >= 4 is 22.4 Å². The van der Waals surface area contributed by atoms with Crippen molar-refractivity contribution in [2.75, 3.05) is 0 Å². The van der Waals surface area contributed by atoms with E-state index in [1.807, 2.05) is 42.5 Å². The largest absolute Gasteiger partial charge is 0.207 e. The minimum atomic E-state index is -0.341. The molecule has 0 aromatic heterocycles. The lowest BCUT2D eigenvalue weighted by atomic mass is 9.99. The summed E-state index contributed by atoms with van der Waals surface area (Å²) in [6, 6.07) is 22.2. The van der Waals surface area contributed by atoms with Crippen LogP contribution in [0, 0.1) is 17.1 Å². The molecule has 0 unspecified atom stereocenters. The van der Waals surface area contributed by atoms with Crippen LogP contribution in [0.15, 0.2) is 66.7 Å². The molecule has 0 aliphatic heterocycles. The molecule has 0 saturated carbocycles. The highest BCUT2D eigenvalue weighted by molar-refractivity contribution is 5.98. The molecule has 0 aliphatic rings. The van der Waals surface area contributed by atoms with Crippen LogP contribution < -0.4 is 0 Å². The van der Waals surface area contributed by atoms with Crippen LogP contribution in [0.3, 0.4) is 0 Å². The van der Waals surface area contributed by atoms with Crippen molar-refractivity contribution in [3.8, 4) is 6.07 Å². The molecule has 0 amide bonds. The Morgan fingerprint density at radius 3 is 2.52 bits per heavy atom. The molecular formula is C19H12FN. The molecule has 0 fully saturated rings. The highest BCUT2D eigenvalue weighted by atomic mass is 19.1. The highest BCUT2D eigenvalue weighted by Crippen LogP contribution is 2.24. The molecule has 0 atom stereocenters. The molecule has 21 heavy (non-hydrogen) atoms. The third kappa shape index (κ3) is 2.68. The Morgan fingerprint density at radius 1 is 0.952 bits per heavy atom. The Balaban J connectivity index is 2.16. The smallest absolute Gasteiger partial charge is 0.123 e. The minimum Gasteiger partial charge on any atom is -0.207 e. The summed E-state index contributed by atoms with van der Waals surface area (Å²) >= 11 is 0. The zero-order valence-electron chi connectivity index (χ0n) is 11.3. The molecule has 0 bridgehead atoms. The fraction of sp³-hybridized carbons (Fsp3) is 0. The summed E-state index contributed by atoms with van der Waals surface area (Å²) in [7, 11) is 0. The van der Waals surface area contributed by atoms with Gasteiger partial charge in [0, 0.05) is 0 Å². The van der Waals surface area contributed by atoms with Gasteiger partial charge in [0.05, 0.1) is 11.6 Å². The van der Waals surface area contributed by atoms with Gasteiger partial charge in [0.15, 0.2) is 0 Å². The SMILES string of the molecule is N#C/C(=C/c1cccc2ccccc12)c1cccc(F)c1. The molecule has 3 aromatic rings. The van der Waals surface area contributed by atoms with Crippen LogP contribution in [-0.2, 0) is 0 Å². The van der Waals surface area contributed by atoms with E-state index in [1.165, 1.54) is 12.1 Å². The Kier molecular flexibility index (Phi) is 3.49. The van der Waals surface area contributed by atoms with Crippen molar-refractivity contribution in [2.24, 2.45) is 0 Å². The summed E-state index contributed by atoms with van der Waals surface area (Å²) in [5.41, 5.74) is 1.99. The molecule has 0 saturated heterocycles. The maximum atomic E-state index is 13.3. The molecule has 0 radical (unpaired) electrons. The van der Waals surface area contributed by atoms with E-state index in [0.29, 0.717) is 11.1 Å². The predicted molar refractivity (Wildman–Crippen MR) is 83.8 cm³/mol. The Bertz CT molecular complexity index is 867. The number of allylic oxidation sites excluding steroid dienone is 1. The zero-order valence-corrected chi connectivity index (χ0v) is 11.3. The van der Waals surface area contributed by atoms with Crippen molar-refractivity contribution < 1.29 is 4.39 Å². The fourth-order valence-electron chi connectivity index (χ4n) is 2.37. The van der Waals surface area contributed by atoms with Gasteiger partial charge in [-0.2, -0.15) is 5.26 Å². The first-order chi connectivity index (χ1) is 10.3. The van der Waals surface area contributed by atoms with Crippen LogP contribution in [0.1, 0.15) is 11.1 Å². The molecule has 2 heteroatoms. The van der Waals surface area contributed by atoms with Crippen molar-refractivity contribution in [1.29, 1.82) is 5.26 Å². The summed E-state index contributed by atoms with van der Waals surface area (Å²) in [5.74, 6) is -0.341. The average Bonchev–Trinajstić information content (AvgIpc) is 2.52. The van der Waals surface area contributed by atoms with Crippen LogP contribution in [-0.4, -0.2) is 0 Å². The van der Waals surface area contributed by atoms with E-state index in [9.17, 15) is 9.65 Å². The van der Waals surface area contributed by atoms with E-state index in [4.69, 9.17) is 0 Å². The first-order valence-corrected chi connectivity index (χ1v) is 6.63.